The van der Waals surface area contributed by atoms with E-state index in [1.54, 1.807) is 0 Å². The van der Waals surface area contributed by atoms with E-state index in [1.807, 2.05) is 0 Å². The van der Waals surface area contributed by atoms with E-state index >= 15 is 0 Å². The topological polar surface area (TPSA) is 0 Å². The van der Waals surface area contributed by atoms with Crippen molar-refractivity contribution in [1.82, 2.24) is 0 Å². The second-order valence-electron chi connectivity index (χ2n) is 20.0. The molecule has 318 valence electrons. The van der Waals surface area contributed by atoms with Gasteiger partial charge in [0, 0.05) is 10.8 Å². The summed E-state index contributed by atoms with van der Waals surface area (Å²) in [6, 6.07) is 87.0. The molecule has 0 saturated heterocycles. The first kappa shape index (κ1) is 39.6. The summed E-state index contributed by atoms with van der Waals surface area (Å²) in [6.07, 6.45) is 0. The van der Waals surface area contributed by atoms with Gasteiger partial charge < -0.3 is 0 Å². The van der Waals surface area contributed by atoms with E-state index < -0.39 is 5.41 Å². The number of rotatable bonds is 6. The largest absolute Gasteiger partial charge is 0.0713 e. The molecule has 0 N–H and O–H groups in total. The summed E-state index contributed by atoms with van der Waals surface area (Å²) >= 11 is 0. The average Bonchev–Trinajstić information content (AvgIpc) is 3.92. The summed E-state index contributed by atoms with van der Waals surface area (Å²) < 4.78 is 0. The molecule has 3 aliphatic carbocycles. The van der Waals surface area contributed by atoms with Crippen LogP contribution in [0.1, 0.15) is 72.2 Å². The summed E-state index contributed by atoms with van der Waals surface area (Å²) in [5.41, 5.74) is 28.0. The van der Waals surface area contributed by atoms with Gasteiger partial charge in [0.05, 0.1) is 5.41 Å². The molecule has 0 radical (unpaired) electrons. The average molecular weight is 855 g/mol. The molecule has 10 aromatic carbocycles. The molecule has 3 aliphatic rings. The van der Waals surface area contributed by atoms with Crippen LogP contribution in [0.5, 0.6) is 0 Å². The Morgan fingerprint density at radius 1 is 0.224 bits per heavy atom. The monoisotopic (exact) mass is 854 g/mol. The lowest BCUT2D eigenvalue weighted by molar-refractivity contribution is 0.660. The Kier molecular flexibility index (Phi) is 8.62. The third kappa shape index (κ3) is 5.66. The highest BCUT2D eigenvalue weighted by Gasteiger charge is 2.46. The minimum Gasteiger partial charge on any atom is -0.0619 e. The second-order valence-corrected chi connectivity index (χ2v) is 20.0. The molecule has 13 rings (SSSR count). The Labute approximate surface area is 394 Å². The molecule has 0 amide bonds. The van der Waals surface area contributed by atoms with Gasteiger partial charge in [0.1, 0.15) is 0 Å². The van der Waals surface area contributed by atoms with Crippen LogP contribution in [0.4, 0.5) is 0 Å². The first-order chi connectivity index (χ1) is 32.7. The van der Waals surface area contributed by atoms with E-state index in [0.717, 1.165) is 0 Å². The summed E-state index contributed by atoms with van der Waals surface area (Å²) in [5.74, 6) is 0. The molecule has 0 unspecified atom stereocenters. The van der Waals surface area contributed by atoms with Crippen molar-refractivity contribution in [3.05, 3.63) is 275 Å². The molecular weight excluding hydrogens is 805 g/mol. The third-order valence-corrected chi connectivity index (χ3v) is 15.8. The zero-order valence-corrected chi connectivity index (χ0v) is 38.4. The van der Waals surface area contributed by atoms with Crippen molar-refractivity contribution in [2.24, 2.45) is 0 Å². The fourth-order valence-corrected chi connectivity index (χ4v) is 12.6. The molecule has 0 heterocycles. The maximum Gasteiger partial charge on any atom is 0.0713 e. The van der Waals surface area contributed by atoms with Crippen molar-refractivity contribution in [3.63, 3.8) is 0 Å². The van der Waals surface area contributed by atoms with Gasteiger partial charge in [-0.1, -0.05) is 234 Å². The Hall–Kier alpha value is -7.80. The van der Waals surface area contributed by atoms with Gasteiger partial charge in [-0.25, -0.2) is 0 Å². The minimum atomic E-state index is -0.556. The van der Waals surface area contributed by atoms with E-state index in [1.165, 1.54) is 122 Å². The van der Waals surface area contributed by atoms with Gasteiger partial charge in [0.25, 0.3) is 0 Å². The zero-order chi connectivity index (χ0) is 45.1. The molecule has 0 atom stereocenters. The number of benzene rings is 10. The standard InChI is InChI=1S/C67H50/c1-65(2)57-33-9-7-29-55(57)63-51(31-17-37-61(63)65)47-23-13-19-43(39-47)45-21-15-25-49(41-45)67(59-35-11-5-27-53(59)54-28-6-12-36-60(54)67)50-26-16-22-46(42-50)44-20-14-24-48(40-44)52-32-18-38-62-64(52)56-30-8-10-34-58(56)66(62,3)4/h5-42H,1-4H3. The molecule has 67 heavy (non-hydrogen) atoms. The molecule has 0 heteroatoms. The van der Waals surface area contributed by atoms with E-state index in [4.69, 9.17) is 0 Å². The Balaban J connectivity index is 0.959. The molecule has 0 fully saturated rings. The lowest BCUT2D eigenvalue weighted by Crippen LogP contribution is -2.28. The first-order valence-electron chi connectivity index (χ1n) is 23.8. The lowest BCUT2D eigenvalue weighted by Gasteiger charge is -2.34. The van der Waals surface area contributed by atoms with Crippen LogP contribution in [0.3, 0.4) is 0 Å². The van der Waals surface area contributed by atoms with Crippen LogP contribution >= 0.6 is 0 Å². The van der Waals surface area contributed by atoms with Gasteiger partial charge >= 0.3 is 0 Å². The maximum atomic E-state index is 2.47. The molecule has 0 bridgehead atoms. The molecule has 0 saturated carbocycles. The lowest BCUT2D eigenvalue weighted by atomic mass is 9.67. The van der Waals surface area contributed by atoms with E-state index in [0.29, 0.717) is 0 Å². The van der Waals surface area contributed by atoms with Crippen LogP contribution < -0.4 is 0 Å². The molecule has 0 nitrogen and oxygen atoms in total. The van der Waals surface area contributed by atoms with Crippen LogP contribution in [0, 0.1) is 0 Å². The highest BCUT2D eigenvalue weighted by molar-refractivity contribution is 5.95. The van der Waals surface area contributed by atoms with Gasteiger partial charge in [-0.3, -0.25) is 0 Å². The first-order valence-corrected chi connectivity index (χ1v) is 23.8. The van der Waals surface area contributed by atoms with Gasteiger partial charge in [-0.15, -0.1) is 0 Å². The summed E-state index contributed by atoms with van der Waals surface area (Å²) in [5, 5.41) is 0. The van der Waals surface area contributed by atoms with Crippen LogP contribution in [0.25, 0.3) is 77.9 Å². The van der Waals surface area contributed by atoms with Crippen LogP contribution in [-0.2, 0) is 16.2 Å². The SMILES string of the molecule is CC1(C)c2ccccc2-c2c(-c3cccc(-c4cccc(C5(c6cccc(-c7cccc(-c8cccc9c8-c8ccccc8C9(C)C)c7)c6)c6ccccc6-c6ccccc65)c4)c3)cccc21. The highest BCUT2D eigenvalue weighted by atomic mass is 14.5. The van der Waals surface area contributed by atoms with Gasteiger partial charge in [-0.05, 0) is 147 Å². The Bertz CT molecular complexity index is 3410. The second kappa shape index (κ2) is 14.6. The molecule has 0 aliphatic heterocycles. The smallest absolute Gasteiger partial charge is 0.0619 e. The normalized spacial score (nSPS) is 14.9. The molecular formula is C67H50. The van der Waals surface area contributed by atoms with Crippen molar-refractivity contribution in [3.8, 4) is 77.9 Å². The van der Waals surface area contributed by atoms with Gasteiger partial charge in [-0.2, -0.15) is 0 Å². The number of hydrogen-bond acceptors (Lipinski definition) is 0. The van der Waals surface area contributed by atoms with E-state index in [9.17, 15) is 0 Å². The van der Waals surface area contributed by atoms with Gasteiger partial charge in [0.15, 0.2) is 0 Å². The zero-order valence-electron chi connectivity index (χ0n) is 38.4. The quantitative estimate of drug-likeness (QED) is 0.156. The molecule has 10 aromatic rings. The third-order valence-electron chi connectivity index (χ3n) is 15.8. The summed E-state index contributed by atoms with van der Waals surface area (Å²) in [7, 11) is 0. The predicted octanol–water partition coefficient (Wildman–Crippen LogP) is 17.3. The van der Waals surface area contributed by atoms with Crippen LogP contribution in [0.2, 0.25) is 0 Å². The van der Waals surface area contributed by atoms with Crippen molar-refractivity contribution < 1.29 is 0 Å². The fraction of sp³-hybridized carbons (Fsp3) is 0.104. The van der Waals surface area contributed by atoms with Crippen molar-refractivity contribution >= 4 is 0 Å². The maximum absolute atomic E-state index is 2.47. The molecule has 0 spiro atoms. The molecule has 0 aromatic heterocycles. The number of hydrogen-bond donors (Lipinski definition) is 0. The predicted molar refractivity (Wildman–Crippen MR) is 281 cm³/mol. The number of fused-ring (bicyclic) bond motifs is 9. The summed E-state index contributed by atoms with van der Waals surface area (Å²) in [4.78, 5) is 0. The Morgan fingerprint density at radius 3 is 0.955 bits per heavy atom. The van der Waals surface area contributed by atoms with Crippen molar-refractivity contribution in [2.45, 2.75) is 43.9 Å². The summed E-state index contributed by atoms with van der Waals surface area (Å²) in [6.45, 7) is 9.45. The van der Waals surface area contributed by atoms with E-state index in [2.05, 4.69) is 258 Å². The van der Waals surface area contributed by atoms with Crippen molar-refractivity contribution in [1.29, 1.82) is 0 Å². The van der Waals surface area contributed by atoms with Crippen molar-refractivity contribution in [2.75, 3.05) is 0 Å². The van der Waals surface area contributed by atoms with E-state index in [-0.39, 0.29) is 10.8 Å². The minimum absolute atomic E-state index is 0.0531. The van der Waals surface area contributed by atoms with Crippen LogP contribution in [-0.4, -0.2) is 0 Å². The highest BCUT2D eigenvalue weighted by Crippen LogP contribution is 2.58. The van der Waals surface area contributed by atoms with Crippen LogP contribution in [0.15, 0.2) is 231 Å². The van der Waals surface area contributed by atoms with Gasteiger partial charge in [0.2, 0.25) is 0 Å². The Morgan fingerprint density at radius 2 is 0.522 bits per heavy atom. The fourth-order valence-electron chi connectivity index (χ4n) is 12.6.